The van der Waals surface area contributed by atoms with Crippen molar-refractivity contribution in [2.24, 2.45) is 5.92 Å². The smallest absolute Gasteiger partial charge is 0.303 e. The van der Waals surface area contributed by atoms with Gasteiger partial charge in [-0.3, -0.25) is 14.5 Å². The summed E-state index contributed by atoms with van der Waals surface area (Å²) in [6.07, 6.45) is 0.620. The summed E-state index contributed by atoms with van der Waals surface area (Å²) in [4.78, 5) is 24.0. The number of carbonyl (C=O) groups excluding carboxylic acids is 1. The molecule has 2 fully saturated rings. The zero-order valence-electron chi connectivity index (χ0n) is 10.5. The van der Waals surface area contributed by atoms with Crippen LogP contribution in [-0.4, -0.2) is 67.5 Å². The Hall–Kier alpha value is -1.15. The molecule has 19 heavy (non-hydrogen) atoms. The molecular weight excluding hydrogens is 272 g/mol. The average Bonchev–Trinajstić information content (AvgIpc) is 2.54. The molecule has 0 radical (unpaired) electrons. The van der Waals surface area contributed by atoms with E-state index in [-0.39, 0.29) is 42.3 Å². The summed E-state index contributed by atoms with van der Waals surface area (Å²) in [5.41, 5.74) is 0. The van der Waals surface area contributed by atoms with Crippen molar-refractivity contribution in [3.05, 3.63) is 0 Å². The molecule has 0 aromatic carbocycles. The zero-order valence-corrected chi connectivity index (χ0v) is 11.4. The minimum Gasteiger partial charge on any atom is -0.481 e. The lowest BCUT2D eigenvalue weighted by atomic mass is 9.96. The maximum absolute atomic E-state index is 11.7. The van der Waals surface area contributed by atoms with Crippen LogP contribution in [0.1, 0.15) is 12.8 Å². The highest BCUT2D eigenvalue weighted by Crippen LogP contribution is 2.18. The molecule has 2 aliphatic heterocycles. The van der Waals surface area contributed by atoms with E-state index >= 15 is 0 Å². The Bertz CT molecular complexity index is 469. The van der Waals surface area contributed by atoms with Gasteiger partial charge in [0.05, 0.1) is 24.5 Å². The van der Waals surface area contributed by atoms with Gasteiger partial charge in [0.25, 0.3) is 0 Å². The molecule has 7 nitrogen and oxygen atoms in total. The van der Waals surface area contributed by atoms with Crippen molar-refractivity contribution in [2.75, 3.05) is 31.1 Å². The van der Waals surface area contributed by atoms with Crippen molar-refractivity contribution in [2.45, 2.75) is 18.9 Å². The molecule has 1 atom stereocenters. The molecule has 2 rings (SSSR count). The molecule has 0 spiro atoms. The van der Waals surface area contributed by atoms with Crippen LogP contribution in [0, 0.1) is 5.92 Å². The van der Waals surface area contributed by atoms with Crippen molar-refractivity contribution in [1.82, 2.24) is 10.2 Å². The molecule has 0 aromatic heterocycles. The molecule has 8 heteroatoms. The van der Waals surface area contributed by atoms with Crippen LogP contribution in [0.2, 0.25) is 0 Å². The number of hydrogen-bond donors (Lipinski definition) is 2. The first-order valence-corrected chi connectivity index (χ1v) is 8.10. The van der Waals surface area contributed by atoms with Crippen LogP contribution >= 0.6 is 0 Å². The van der Waals surface area contributed by atoms with Crippen LogP contribution in [0.15, 0.2) is 0 Å². The lowest BCUT2D eigenvalue weighted by Gasteiger charge is -2.38. The highest BCUT2D eigenvalue weighted by molar-refractivity contribution is 7.91. The van der Waals surface area contributed by atoms with Crippen LogP contribution in [0.3, 0.4) is 0 Å². The van der Waals surface area contributed by atoms with Gasteiger partial charge in [-0.15, -0.1) is 0 Å². The Morgan fingerprint density at radius 1 is 1.32 bits per heavy atom. The number of likely N-dealkylation sites (tertiary alicyclic amines) is 1. The van der Waals surface area contributed by atoms with Gasteiger partial charge in [0.2, 0.25) is 5.91 Å². The summed E-state index contributed by atoms with van der Waals surface area (Å²) < 4.78 is 22.5. The predicted molar refractivity (Wildman–Crippen MR) is 67.4 cm³/mol. The third kappa shape index (κ3) is 4.17. The average molecular weight is 290 g/mol. The third-order valence-electron chi connectivity index (χ3n) is 3.46. The second-order valence-electron chi connectivity index (χ2n) is 5.33. The van der Waals surface area contributed by atoms with E-state index in [4.69, 9.17) is 5.11 Å². The molecule has 108 valence electrons. The molecule has 2 saturated heterocycles. The lowest BCUT2D eigenvalue weighted by molar-refractivity contribution is -0.139. The van der Waals surface area contributed by atoms with Crippen molar-refractivity contribution in [3.8, 4) is 0 Å². The summed E-state index contributed by atoms with van der Waals surface area (Å²) in [7, 11) is -2.98. The van der Waals surface area contributed by atoms with E-state index in [9.17, 15) is 18.0 Å². The van der Waals surface area contributed by atoms with E-state index in [0.29, 0.717) is 19.5 Å². The normalized spacial score (nSPS) is 26.8. The summed E-state index contributed by atoms with van der Waals surface area (Å²) >= 11 is 0. The van der Waals surface area contributed by atoms with Gasteiger partial charge in [-0.05, 0) is 12.3 Å². The van der Waals surface area contributed by atoms with Crippen molar-refractivity contribution in [3.63, 3.8) is 0 Å². The summed E-state index contributed by atoms with van der Waals surface area (Å²) in [5.74, 6) is -0.707. The topological polar surface area (TPSA) is 104 Å². The molecule has 0 aromatic rings. The fourth-order valence-corrected chi connectivity index (χ4v) is 4.24. The zero-order chi connectivity index (χ0) is 14.0. The fourth-order valence-electron chi connectivity index (χ4n) is 2.57. The number of carboxylic acid groups (broad SMARTS) is 1. The Kier molecular flexibility index (Phi) is 4.10. The minimum atomic E-state index is -2.98. The quantitative estimate of drug-likeness (QED) is 0.652. The molecule has 0 saturated carbocycles. The van der Waals surface area contributed by atoms with Gasteiger partial charge in [0.15, 0.2) is 9.84 Å². The number of carbonyl (C=O) groups is 2. The number of hydrogen-bond acceptors (Lipinski definition) is 5. The molecular formula is C11H18N2O5S. The first-order chi connectivity index (χ1) is 8.84. The van der Waals surface area contributed by atoms with Gasteiger partial charge in [-0.2, -0.15) is 0 Å². The Labute approximate surface area is 111 Å². The number of amides is 1. The van der Waals surface area contributed by atoms with Crippen molar-refractivity contribution in [1.29, 1.82) is 0 Å². The van der Waals surface area contributed by atoms with Crippen LogP contribution in [-0.2, 0) is 19.4 Å². The maximum Gasteiger partial charge on any atom is 0.303 e. The van der Waals surface area contributed by atoms with Gasteiger partial charge < -0.3 is 10.4 Å². The maximum atomic E-state index is 11.7. The SMILES string of the molecule is O=C(O)CC1CN(CC(=O)NC2CCS(=O)(=O)C2)C1. The van der Waals surface area contributed by atoms with Gasteiger partial charge in [0, 0.05) is 19.1 Å². The second-order valence-corrected chi connectivity index (χ2v) is 7.55. The number of rotatable bonds is 5. The van der Waals surface area contributed by atoms with E-state index < -0.39 is 15.8 Å². The van der Waals surface area contributed by atoms with E-state index in [2.05, 4.69) is 5.32 Å². The minimum absolute atomic E-state index is 0.0282. The highest BCUT2D eigenvalue weighted by atomic mass is 32.2. The fraction of sp³-hybridized carbons (Fsp3) is 0.818. The van der Waals surface area contributed by atoms with Crippen LogP contribution < -0.4 is 5.32 Å². The van der Waals surface area contributed by atoms with Gasteiger partial charge in [-0.1, -0.05) is 0 Å². The second kappa shape index (κ2) is 5.46. The summed E-state index contributed by atoms with van der Waals surface area (Å²) in [5, 5.41) is 11.3. The number of nitrogens with one attached hydrogen (secondary N) is 1. The monoisotopic (exact) mass is 290 g/mol. The Morgan fingerprint density at radius 3 is 2.53 bits per heavy atom. The van der Waals surface area contributed by atoms with Gasteiger partial charge >= 0.3 is 5.97 Å². The van der Waals surface area contributed by atoms with Crippen LogP contribution in [0.25, 0.3) is 0 Å². The first-order valence-electron chi connectivity index (χ1n) is 6.28. The third-order valence-corrected chi connectivity index (χ3v) is 5.23. The number of aliphatic carboxylic acids is 1. The molecule has 2 aliphatic rings. The first kappa shape index (κ1) is 14.3. The van der Waals surface area contributed by atoms with Gasteiger partial charge in [0.1, 0.15) is 0 Å². The highest BCUT2D eigenvalue weighted by Gasteiger charge is 2.32. The lowest BCUT2D eigenvalue weighted by Crippen LogP contribution is -2.52. The largest absolute Gasteiger partial charge is 0.481 e. The molecule has 2 N–H and O–H groups in total. The number of nitrogens with zero attached hydrogens (tertiary/aromatic N) is 1. The van der Waals surface area contributed by atoms with E-state index in [1.807, 2.05) is 4.90 Å². The van der Waals surface area contributed by atoms with E-state index in [1.54, 1.807) is 0 Å². The Balaban J connectivity index is 1.65. The predicted octanol–water partition coefficient (Wildman–Crippen LogP) is -1.30. The number of sulfone groups is 1. The van der Waals surface area contributed by atoms with Crippen molar-refractivity contribution < 1.29 is 23.1 Å². The van der Waals surface area contributed by atoms with Gasteiger partial charge in [-0.25, -0.2) is 8.42 Å². The molecule has 0 bridgehead atoms. The Morgan fingerprint density at radius 2 is 2.00 bits per heavy atom. The molecule has 0 aliphatic carbocycles. The summed E-state index contributed by atoms with van der Waals surface area (Å²) in [6.45, 7) is 1.44. The van der Waals surface area contributed by atoms with Crippen LogP contribution in [0.5, 0.6) is 0 Å². The van der Waals surface area contributed by atoms with Crippen LogP contribution in [0.4, 0.5) is 0 Å². The standard InChI is InChI=1S/C11H18N2O5S/c14-10(12-9-1-2-19(17,18)7-9)6-13-4-8(5-13)3-11(15)16/h8-9H,1-7H2,(H,12,14)(H,15,16). The van der Waals surface area contributed by atoms with E-state index in [1.165, 1.54) is 0 Å². The van der Waals surface area contributed by atoms with E-state index in [0.717, 1.165) is 0 Å². The summed E-state index contributed by atoms with van der Waals surface area (Å²) in [6, 6.07) is -0.270. The molecule has 1 unspecified atom stereocenters. The molecule has 2 heterocycles. The number of carboxylic acids is 1. The van der Waals surface area contributed by atoms with Crippen molar-refractivity contribution >= 4 is 21.7 Å². The molecule has 1 amide bonds.